The number of para-hydroxylation sites is 1. The summed E-state index contributed by atoms with van der Waals surface area (Å²) in [5.74, 6) is -5.61. The standard InChI is InChI=1S/C18H10F7N3O/c1-27-17(22)15(16(26-27)18(23,24)25)28(8-29)14-5-3-2-4-9(14)10-6-12(20)13(21)7-11(10)19/h2-8H,1H3. The molecule has 1 amide bonds. The summed E-state index contributed by atoms with van der Waals surface area (Å²) >= 11 is 0. The Hall–Kier alpha value is -3.37. The molecular formula is C18H10F7N3O. The van der Waals surface area contributed by atoms with Crippen LogP contribution in [0.5, 0.6) is 0 Å². The molecule has 0 saturated carbocycles. The summed E-state index contributed by atoms with van der Waals surface area (Å²) in [6, 6.07) is 5.59. The molecule has 0 fully saturated rings. The van der Waals surface area contributed by atoms with E-state index in [4.69, 9.17) is 0 Å². The first-order valence-electron chi connectivity index (χ1n) is 7.84. The largest absolute Gasteiger partial charge is 0.437 e. The van der Waals surface area contributed by atoms with Gasteiger partial charge in [-0.1, -0.05) is 18.2 Å². The van der Waals surface area contributed by atoms with Gasteiger partial charge in [0.15, 0.2) is 17.3 Å². The molecule has 3 rings (SSSR count). The highest BCUT2D eigenvalue weighted by Gasteiger charge is 2.42. The van der Waals surface area contributed by atoms with Crippen LogP contribution >= 0.6 is 0 Å². The van der Waals surface area contributed by atoms with Crippen LogP contribution in [-0.2, 0) is 18.0 Å². The summed E-state index contributed by atoms with van der Waals surface area (Å²) in [4.78, 5) is 11.9. The first kappa shape index (κ1) is 20.4. The second-order valence-corrected chi connectivity index (χ2v) is 5.85. The van der Waals surface area contributed by atoms with Gasteiger partial charge >= 0.3 is 6.18 Å². The van der Waals surface area contributed by atoms with Gasteiger partial charge in [0.2, 0.25) is 12.4 Å². The molecule has 11 heteroatoms. The Bertz CT molecular complexity index is 1090. The minimum Gasteiger partial charge on any atom is -0.278 e. The number of rotatable bonds is 4. The Labute approximate surface area is 158 Å². The van der Waals surface area contributed by atoms with Crippen LogP contribution in [0.25, 0.3) is 11.1 Å². The molecule has 152 valence electrons. The molecule has 0 unspecified atom stereocenters. The van der Waals surface area contributed by atoms with Crippen molar-refractivity contribution in [2.24, 2.45) is 7.05 Å². The second kappa shape index (κ2) is 7.22. The van der Waals surface area contributed by atoms with Crippen molar-refractivity contribution in [2.75, 3.05) is 4.90 Å². The van der Waals surface area contributed by atoms with Crippen molar-refractivity contribution in [2.45, 2.75) is 6.18 Å². The first-order valence-corrected chi connectivity index (χ1v) is 7.84. The van der Waals surface area contributed by atoms with Gasteiger partial charge in [-0.05, 0) is 12.1 Å². The molecule has 0 aliphatic heterocycles. The number of alkyl halides is 3. The van der Waals surface area contributed by atoms with Crippen molar-refractivity contribution in [3.05, 3.63) is 65.5 Å². The molecule has 0 atom stereocenters. The third-order valence-corrected chi connectivity index (χ3v) is 4.03. The predicted octanol–water partition coefficient (Wildman–Crippen LogP) is 4.96. The van der Waals surface area contributed by atoms with Gasteiger partial charge in [0.05, 0.1) is 5.69 Å². The van der Waals surface area contributed by atoms with Gasteiger partial charge in [-0.3, -0.25) is 9.69 Å². The van der Waals surface area contributed by atoms with Gasteiger partial charge in [-0.25, -0.2) is 17.9 Å². The topological polar surface area (TPSA) is 38.1 Å². The summed E-state index contributed by atoms with van der Waals surface area (Å²) in [5, 5.41) is 3.05. The number of anilines is 2. The normalized spacial score (nSPS) is 11.6. The Kier molecular flexibility index (Phi) is 5.07. The van der Waals surface area contributed by atoms with E-state index >= 15 is 0 Å². The summed E-state index contributed by atoms with van der Waals surface area (Å²) in [5.41, 5.74) is -4.11. The lowest BCUT2D eigenvalue weighted by molar-refractivity contribution is -0.140. The van der Waals surface area contributed by atoms with Crippen LogP contribution in [0.4, 0.5) is 42.1 Å². The van der Waals surface area contributed by atoms with Gasteiger partial charge < -0.3 is 0 Å². The fraction of sp³-hybridized carbons (Fsp3) is 0.111. The highest BCUT2D eigenvalue weighted by atomic mass is 19.4. The number of hydrogen-bond acceptors (Lipinski definition) is 2. The number of aryl methyl sites for hydroxylation is 1. The maximum Gasteiger partial charge on any atom is 0.437 e. The first-order chi connectivity index (χ1) is 13.6. The molecule has 3 aromatic rings. The molecule has 0 bridgehead atoms. The maximum atomic E-state index is 14.4. The molecule has 0 N–H and O–H groups in total. The molecule has 0 radical (unpaired) electrons. The lowest BCUT2D eigenvalue weighted by Gasteiger charge is -2.21. The molecule has 1 aromatic heterocycles. The van der Waals surface area contributed by atoms with Crippen molar-refractivity contribution in [1.82, 2.24) is 9.78 Å². The van der Waals surface area contributed by atoms with E-state index in [1.165, 1.54) is 12.1 Å². The third-order valence-electron chi connectivity index (χ3n) is 4.03. The fourth-order valence-electron chi connectivity index (χ4n) is 2.77. The minimum atomic E-state index is -5.11. The van der Waals surface area contributed by atoms with Crippen molar-refractivity contribution in [3.63, 3.8) is 0 Å². The number of nitrogens with zero attached hydrogens (tertiary/aromatic N) is 3. The predicted molar refractivity (Wildman–Crippen MR) is 88.1 cm³/mol. The van der Waals surface area contributed by atoms with Crippen LogP contribution in [0.1, 0.15) is 5.69 Å². The highest BCUT2D eigenvalue weighted by Crippen LogP contribution is 2.42. The van der Waals surface area contributed by atoms with Gasteiger partial charge in [-0.2, -0.15) is 22.7 Å². The molecule has 2 aromatic carbocycles. The van der Waals surface area contributed by atoms with Crippen molar-refractivity contribution in [3.8, 4) is 11.1 Å². The smallest absolute Gasteiger partial charge is 0.278 e. The molecule has 0 spiro atoms. The summed E-state index contributed by atoms with van der Waals surface area (Å²) in [7, 11) is 0.901. The quantitative estimate of drug-likeness (QED) is 0.342. The summed E-state index contributed by atoms with van der Waals surface area (Å²) < 4.78 is 95.7. The van der Waals surface area contributed by atoms with E-state index in [0.717, 1.165) is 19.2 Å². The van der Waals surface area contributed by atoms with E-state index in [2.05, 4.69) is 5.10 Å². The lowest BCUT2D eigenvalue weighted by atomic mass is 10.0. The fourth-order valence-corrected chi connectivity index (χ4v) is 2.77. The zero-order chi connectivity index (χ0) is 21.5. The van der Waals surface area contributed by atoms with E-state index < -0.39 is 52.2 Å². The number of carbonyl (C=O) groups is 1. The number of amides is 1. The average molecular weight is 417 g/mol. The van der Waals surface area contributed by atoms with Crippen LogP contribution < -0.4 is 4.90 Å². The highest BCUT2D eigenvalue weighted by molar-refractivity contribution is 5.94. The molecule has 1 heterocycles. The number of halogens is 7. The van der Waals surface area contributed by atoms with Crippen LogP contribution in [0.15, 0.2) is 36.4 Å². The van der Waals surface area contributed by atoms with E-state index in [1.54, 1.807) is 0 Å². The van der Waals surface area contributed by atoms with Gasteiger partial charge in [0.1, 0.15) is 11.5 Å². The van der Waals surface area contributed by atoms with Crippen molar-refractivity contribution >= 4 is 17.8 Å². The van der Waals surface area contributed by atoms with E-state index in [1.807, 2.05) is 0 Å². The average Bonchev–Trinajstić information content (AvgIpc) is 2.95. The number of aromatic nitrogens is 2. The van der Waals surface area contributed by atoms with E-state index in [9.17, 15) is 35.5 Å². The van der Waals surface area contributed by atoms with Crippen LogP contribution in [0.3, 0.4) is 0 Å². The Morgan fingerprint density at radius 2 is 1.59 bits per heavy atom. The zero-order valence-corrected chi connectivity index (χ0v) is 14.4. The molecule has 0 saturated heterocycles. The van der Waals surface area contributed by atoms with Crippen LogP contribution in [0.2, 0.25) is 0 Å². The molecular weight excluding hydrogens is 407 g/mol. The number of benzene rings is 2. The lowest BCUT2D eigenvalue weighted by Crippen LogP contribution is -2.20. The van der Waals surface area contributed by atoms with Crippen LogP contribution in [-0.4, -0.2) is 16.2 Å². The molecule has 0 aliphatic rings. The Balaban J connectivity index is 2.28. The monoisotopic (exact) mass is 417 g/mol. The van der Waals surface area contributed by atoms with Gasteiger partial charge in [0, 0.05) is 24.2 Å². The van der Waals surface area contributed by atoms with E-state index in [0.29, 0.717) is 6.07 Å². The number of carbonyl (C=O) groups excluding carboxylic acids is 1. The Morgan fingerprint density at radius 3 is 2.21 bits per heavy atom. The van der Waals surface area contributed by atoms with Crippen LogP contribution in [0, 0.1) is 23.4 Å². The van der Waals surface area contributed by atoms with Crippen molar-refractivity contribution in [1.29, 1.82) is 0 Å². The SMILES string of the molecule is Cn1nc(C(F)(F)F)c(N(C=O)c2ccccc2-c2cc(F)c(F)cc2F)c1F. The number of hydrogen-bond donors (Lipinski definition) is 0. The Morgan fingerprint density at radius 1 is 0.966 bits per heavy atom. The van der Waals surface area contributed by atoms with E-state index in [-0.39, 0.29) is 27.6 Å². The second-order valence-electron chi connectivity index (χ2n) is 5.85. The maximum absolute atomic E-state index is 14.4. The summed E-state index contributed by atoms with van der Waals surface area (Å²) in [6.07, 6.45) is -5.23. The molecule has 4 nitrogen and oxygen atoms in total. The summed E-state index contributed by atoms with van der Waals surface area (Å²) in [6.45, 7) is 0. The van der Waals surface area contributed by atoms with Gasteiger partial charge in [0.25, 0.3) is 0 Å². The van der Waals surface area contributed by atoms with Crippen molar-refractivity contribution < 1.29 is 35.5 Å². The minimum absolute atomic E-state index is 0.119. The molecule has 0 aliphatic carbocycles. The molecule has 29 heavy (non-hydrogen) atoms. The zero-order valence-electron chi connectivity index (χ0n) is 14.4. The van der Waals surface area contributed by atoms with Gasteiger partial charge in [-0.15, -0.1) is 0 Å². The third kappa shape index (κ3) is 3.55.